The van der Waals surface area contributed by atoms with Gasteiger partial charge in [0.25, 0.3) is 0 Å². The van der Waals surface area contributed by atoms with E-state index >= 15 is 0 Å². The summed E-state index contributed by atoms with van der Waals surface area (Å²) in [6, 6.07) is 5.89. The fourth-order valence-electron chi connectivity index (χ4n) is 2.73. The number of fused-ring (bicyclic) bond motifs is 3. The second kappa shape index (κ2) is 7.11. The Kier molecular flexibility index (Phi) is 5.04. The number of nitrogens with zero attached hydrogens (tertiary/aromatic N) is 4. The van der Waals surface area contributed by atoms with Gasteiger partial charge in [0.05, 0.1) is 17.9 Å². The summed E-state index contributed by atoms with van der Waals surface area (Å²) in [5.74, 6) is 0.999. The van der Waals surface area contributed by atoms with E-state index < -0.39 is 0 Å². The zero-order valence-electron chi connectivity index (χ0n) is 15.7. The van der Waals surface area contributed by atoms with Crippen LogP contribution in [0, 0.1) is 0 Å². The van der Waals surface area contributed by atoms with Crippen LogP contribution in [0.15, 0.2) is 23.4 Å². The number of thioether (sulfide) groups is 1. The van der Waals surface area contributed by atoms with Crippen LogP contribution in [-0.4, -0.2) is 43.6 Å². The van der Waals surface area contributed by atoms with Gasteiger partial charge in [-0.25, -0.2) is 4.98 Å². The monoisotopic (exact) mass is 373 g/mol. The second-order valence-electron chi connectivity index (χ2n) is 7.02. The van der Waals surface area contributed by atoms with Crippen LogP contribution >= 0.6 is 11.8 Å². The third kappa shape index (κ3) is 3.90. The molecule has 138 valence electrons. The first-order valence-electron chi connectivity index (χ1n) is 8.48. The number of carbonyl (C=O) groups excluding carboxylic acids is 1. The van der Waals surface area contributed by atoms with Gasteiger partial charge in [0.15, 0.2) is 5.65 Å². The summed E-state index contributed by atoms with van der Waals surface area (Å²) in [4.78, 5) is 16.6. The van der Waals surface area contributed by atoms with E-state index in [0.717, 1.165) is 27.8 Å². The van der Waals surface area contributed by atoms with Gasteiger partial charge in [-0.3, -0.25) is 4.79 Å². The van der Waals surface area contributed by atoms with Crippen molar-refractivity contribution in [1.29, 1.82) is 0 Å². The molecule has 0 saturated carbocycles. The molecule has 0 bridgehead atoms. The summed E-state index contributed by atoms with van der Waals surface area (Å²) in [6.45, 7) is 8.41. The van der Waals surface area contributed by atoms with Gasteiger partial charge in [0.1, 0.15) is 11.3 Å². The number of aromatic nitrogens is 4. The number of hydrogen-bond donors (Lipinski definition) is 1. The highest BCUT2D eigenvalue weighted by atomic mass is 32.2. The number of carbonyl (C=O) groups is 1. The molecule has 2 aromatic heterocycles. The normalized spacial score (nSPS) is 11.9. The Morgan fingerprint density at radius 1 is 1.31 bits per heavy atom. The lowest BCUT2D eigenvalue weighted by atomic mass is 10.1. The molecule has 1 aromatic carbocycles. The predicted octanol–water partition coefficient (Wildman–Crippen LogP) is 2.92. The van der Waals surface area contributed by atoms with E-state index in [-0.39, 0.29) is 17.2 Å². The van der Waals surface area contributed by atoms with E-state index in [9.17, 15) is 4.79 Å². The summed E-state index contributed by atoms with van der Waals surface area (Å²) in [6.07, 6.45) is 0. The van der Waals surface area contributed by atoms with Crippen molar-refractivity contribution in [2.75, 3.05) is 12.4 Å². The van der Waals surface area contributed by atoms with Gasteiger partial charge in [-0.15, -0.1) is 10.2 Å². The number of rotatable bonds is 5. The van der Waals surface area contributed by atoms with Gasteiger partial charge in [-0.1, -0.05) is 11.8 Å². The van der Waals surface area contributed by atoms with E-state index in [2.05, 4.69) is 20.5 Å². The van der Waals surface area contributed by atoms with Crippen molar-refractivity contribution in [2.24, 2.45) is 7.05 Å². The van der Waals surface area contributed by atoms with Crippen molar-refractivity contribution >= 4 is 39.7 Å². The first kappa shape index (κ1) is 18.4. The molecule has 0 aliphatic carbocycles. The number of hydrogen-bond acceptors (Lipinski definition) is 6. The molecule has 0 radical (unpaired) electrons. The fourth-order valence-corrected chi connectivity index (χ4v) is 3.31. The average molecular weight is 373 g/mol. The molecule has 1 N–H and O–H groups in total. The van der Waals surface area contributed by atoms with Crippen LogP contribution < -0.4 is 10.1 Å². The van der Waals surface area contributed by atoms with Gasteiger partial charge in [-0.2, -0.15) is 0 Å². The van der Waals surface area contributed by atoms with E-state index in [4.69, 9.17) is 4.74 Å². The highest BCUT2D eigenvalue weighted by Crippen LogP contribution is 2.29. The molecule has 26 heavy (non-hydrogen) atoms. The largest absolute Gasteiger partial charge is 0.494 e. The molecule has 8 heteroatoms. The topological polar surface area (TPSA) is 81.9 Å². The summed E-state index contributed by atoms with van der Waals surface area (Å²) in [5, 5.41) is 12.9. The van der Waals surface area contributed by atoms with Crippen molar-refractivity contribution in [2.45, 2.75) is 38.4 Å². The lowest BCUT2D eigenvalue weighted by Crippen LogP contribution is -2.41. The van der Waals surface area contributed by atoms with Crippen LogP contribution in [0.3, 0.4) is 0 Å². The van der Waals surface area contributed by atoms with E-state index in [1.807, 2.05) is 57.5 Å². The number of ether oxygens (including phenoxy) is 1. The highest BCUT2D eigenvalue weighted by molar-refractivity contribution is 7.99. The van der Waals surface area contributed by atoms with E-state index in [1.165, 1.54) is 11.8 Å². The molecule has 1 amide bonds. The Bertz CT molecular complexity index is 962. The van der Waals surface area contributed by atoms with Crippen LogP contribution in [0.2, 0.25) is 0 Å². The molecule has 0 saturated heterocycles. The molecule has 0 atom stereocenters. The number of benzene rings is 1. The van der Waals surface area contributed by atoms with E-state index in [1.54, 1.807) is 0 Å². The molecule has 0 unspecified atom stereocenters. The van der Waals surface area contributed by atoms with Crippen LogP contribution in [0.1, 0.15) is 27.7 Å². The van der Waals surface area contributed by atoms with Crippen molar-refractivity contribution in [3.8, 4) is 5.75 Å². The quantitative estimate of drug-likeness (QED) is 0.693. The molecule has 3 aromatic rings. The molecular formula is C18H23N5O2S. The van der Waals surface area contributed by atoms with Crippen LogP contribution in [-0.2, 0) is 11.8 Å². The van der Waals surface area contributed by atoms with Crippen molar-refractivity contribution in [3.63, 3.8) is 0 Å². The molecular weight excluding hydrogens is 350 g/mol. The Morgan fingerprint density at radius 3 is 2.77 bits per heavy atom. The lowest BCUT2D eigenvalue weighted by Gasteiger charge is -2.20. The number of amides is 1. The maximum Gasteiger partial charge on any atom is 0.230 e. The zero-order chi connectivity index (χ0) is 18.9. The Labute approximate surface area is 156 Å². The van der Waals surface area contributed by atoms with Gasteiger partial charge in [-0.05, 0) is 45.9 Å². The highest BCUT2D eigenvalue weighted by Gasteiger charge is 2.16. The molecule has 7 nitrogen and oxygen atoms in total. The summed E-state index contributed by atoms with van der Waals surface area (Å²) in [5.41, 5.74) is 2.22. The first-order valence-corrected chi connectivity index (χ1v) is 9.46. The van der Waals surface area contributed by atoms with Crippen molar-refractivity contribution in [3.05, 3.63) is 18.2 Å². The molecule has 3 rings (SSSR count). The molecule has 2 heterocycles. The average Bonchev–Trinajstić information content (AvgIpc) is 2.84. The Balaban J connectivity index is 1.88. The van der Waals surface area contributed by atoms with Crippen molar-refractivity contribution in [1.82, 2.24) is 25.1 Å². The van der Waals surface area contributed by atoms with Crippen LogP contribution in [0.5, 0.6) is 5.75 Å². The molecule has 0 spiro atoms. The molecule has 0 aliphatic heterocycles. The first-order chi connectivity index (χ1) is 12.3. The minimum Gasteiger partial charge on any atom is -0.494 e. The van der Waals surface area contributed by atoms with Gasteiger partial charge < -0.3 is 14.6 Å². The van der Waals surface area contributed by atoms with Crippen LogP contribution in [0.4, 0.5) is 0 Å². The van der Waals surface area contributed by atoms with Crippen LogP contribution in [0.25, 0.3) is 22.1 Å². The summed E-state index contributed by atoms with van der Waals surface area (Å²) < 4.78 is 7.55. The minimum absolute atomic E-state index is 0.0513. The molecule has 0 aliphatic rings. The zero-order valence-corrected chi connectivity index (χ0v) is 16.5. The Morgan fingerprint density at radius 2 is 2.08 bits per heavy atom. The standard InChI is InChI=1S/C18H23N5O2S/c1-6-25-11-7-8-13-12(9-11)15-16(23(13)5)19-17(22-21-15)26-10-14(24)20-18(2,3)4/h7-9H,6,10H2,1-5H3,(H,20,24). The maximum atomic E-state index is 12.0. The SMILES string of the molecule is CCOc1ccc2c(c1)c1nnc(SCC(=O)NC(C)(C)C)nc1n2C. The van der Waals surface area contributed by atoms with Gasteiger partial charge in [0.2, 0.25) is 11.1 Å². The second-order valence-corrected chi connectivity index (χ2v) is 7.97. The van der Waals surface area contributed by atoms with E-state index in [0.29, 0.717) is 11.8 Å². The van der Waals surface area contributed by atoms with Gasteiger partial charge >= 0.3 is 0 Å². The lowest BCUT2D eigenvalue weighted by molar-refractivity contribution is -0.119. The third-order valence-electron chi connectivity index (χ3n) is 3.71. The molecule has 0 fully saturated rings. The smallest absolute Gasteiger partial charge is 0.230 e. The Hall–Kier alpha value is -2.35. The summed E-state index contributed by atoms with van der Waals surface area (Å²) >= 11 is 1.28. The number of aryl methyl sites for hydroxylation is 1. The number of nitrogens with one attached hydrogen (secondary N) is 1. The predicted molar refractivity (Wildman–Crippen MR) is 104 cm³/mol. The van der Waals surface area contributed by atoms with Gasteiger partial charge in [0, 0.05) is 18.0 Å². The van der Waals surface area contributed by atoms with Crippen molar-refractivity contribution < 1.29 is 9.53 Å². The summed E-state index contributed by atoms with van der Waals surface area (Å²) in [7, 11) is 1.94. The third-order valence-corrected chi connectivity index (χ3v) is 4.55. The minimum atomic E-state index is -0.255. The fraction of sp³-hybridized carbons (Fsp3) is 0.444. The maximum absolute atomic E-state index is 12.0.